The minimum atomic E-state index is -2.11. The predicted molar refractivity (Wildman–Crippen MR) is 190 cm³/mol. The minimum absolute atomic E-state index is 0.125. The second-order valence-electron chi connectivity index (χ2n) is 16.2. The third-order valence-corrected chi connectivity index (χ3v) is 12.8. The quantitative estimate of drug-likeness (QED) is 0.354. The van der Waals surface area contributed by atoms with Crippen LogP contribution in [0.1, 0.15) is 75.6 Å². The van der Waals surface area contributed by atoms with E-state index in [2.05, 4.69) is 5.32 Å². The van der Waals surface area contributed by atoms with Gasteiger partial charge in [-0.3, -0.25) is 14.4 Å². The van der Waals surface area contributed by atoms with Gasteiger partial charge in [-0.15, -0.1) is 0 Å². The molecule has 7 rings (SSSR count). The third kappa shape index (κ3) is 5.21. The number of amides is 1. The molecule has 1 amide bonds. The summed E-state index contributed by atoms with van der Waals surface area (Å²) in [5.41, 5.74) is -4.96. The fourth-order valence-corrected chi connectivity index (χ4v) is 9.95. The molecule has 4 fully saturated rings. The maximum absolute atomic E-state index is 17.9. The summed E-state index contributed by atoms with van der Waals surface area (Å²) >= 11 is 0. The Bertz CT molecular complexity index is 1860. The highest BCUT2D eigenvalue weighted by Crippen LogP contribution is 2.72. The van der Waals surface area contributed by atoms with Gasteiger partial charge in [0.1, 0.15) is 5.54 Å². The Morgan fingerprint density at radius 1 is 1.06 bits per heavy atom. The van der Waals surface area contributed by atoms with Crippen molar-refractivity contribution < 1.29 is 42.9 Å². The lowest BCUT2D eigenvalue weighted by molar-refractivity contribution is -0.231. The Balaban J connectivity index is 1.20. The number of esters is 1. The zero-order valence-corrected chi connectivity index (χ0v) is 30.5. The largest absolute Gasteiger partial charge is 0.456 e. The van der Waals surface area contributed by atoms with Crippen molar-refractivity contribution in [3.05, 3.63) is 89.5 Å². The molecule has 1 saturated heterocycles. The fourth-order valence-electron chi connectivity index (χ4n) is 9.95. The van der Waals surface area contributed by atoms with E-state index in [-0.39, 0.29) is 18.6 Å². The number of carbonyl (C=O) groups excluding carboxylic acids is 4. The van der Waals surface area contributed by atoms with Crippen LogP contribution in [0.15, 0.2) is 78.4 Å². The van der Waals surface area contributed by atoms with Gasteiger partial charge in [-0.05, 0) is 88.8 Å². The molecule has 1 heterocycles. The summed E-state index contributed by atoms with van der Waals surface area (Å²) in [5, 5.41) is 14.7. The molecule has 10 nitrogen and oxygen atoms in total. The molecule has 2 aromatic carbocycles. The molecule has 3 saturated carbocycles. The van der Waals surface area contributed by atoms with Gasteiger partial charge in [-0.25, -0.2) is 9.18 Å². The van der Waals surface area contributed by atoms with E-state index in [1.807, 2.05) is 50.2 Å². The molecule has 2 N–H and O–H groups in total. The number of halogens is 1. The molecule has 0 radical (unpaired) electrons. The lowest BCUT2D eigenvalue weighted by atomic mass is 9.44. The van der Waals surface area contributed by atoms with E-state index in [0.717, 1.165) is 5.69 Å². The molecule has 2 aromatic rings. The van der Waals surface area contributed by atoms with Gasteiger partial charge in [-0.2, -0.15) is 0 Å². The maximum atomic E-state index is 17.9. The first-order valence-electron chi connectivity index (χ1n) is 18.0. The number of carbonyl (C=O) groups is 4. The number of Topliss-reactive ketones (excluding diaryl/α,β-unsaturated/α-hetero) is 1. The van der Waals surface area contributed by atoms with Gasteiger partial charge in [0.25, 0.3) is 5.91 Å². The van der Waals surface area contributed by atoms with Crippen LogP contribution in [-0.4, -0.2) is 78.3 Å². The number of hydrogen-bond donors (Lipinski definition) is 2. The number of aliphatic hydroxyl groups is 1. The van der Waals surface area contributed by atoms with Gasteiger partial charge < -0.3 is 29.5 Å². The fraction of sp³-hybridized carbons (Fsp3) is 0.512. The Hall–Kier alpha value is -4.19. The van der Waals surface area contributed by atoms with Crippen LogP contribution < -0.4 is 10.2 Å². The lowest BCUT2D eigenvalue weighted by Crippen LogP contribution is -2.69. The smallest absolute Gasteiger partial charge is 0.331 e. The first-order valence-corrected chi connectivity index (χ1v) is 18.0. The second kappa shape index (κ2) is 12.5. The average molecular weight is 715 g/mol. The van der Waals surface area contributed by atoms with Crippen molar-refractivity contribution in [3.8, 4) is 0 Å². The van der Waals surface area contributed by atoms with Crippen molar-refractivity contribution in [3.63, 3.8) is 0 Å². The number of nitrogens with zero attached hydrogens (tertiary/aromatic N) is 1. The Morgan fingerprint density at radius 3 is 2.42 bits per heavy atom. The molecule has 0 spiro atoms. The van der Waals surface area contributed by atoms with Crippen molar-refractivity contribution in [2.75, 3.05) is 25.6 Å². The third-order valence-electron chi connectivity index (χ3n) is 12.8. The molecule has 52 heavy (non-hydrogen) atoms. The van der Waals surface area contributed by atoms with Crippen LogP contribution in [0.5, 0.6) is 0 Å². The van der Waals surface area contributed by atoms with Crippen molar-refractivity contribution in [2.45, 2.75) is 88.7 Å². The van der Waals surface area contributed by atoms with Gasteiger partial charge in [0.15, 0.2) is 29.9 Å². The molecule has 11 heteroatoms. The Kier molecular flexibility index (Phi) is 8.67. The van der Waals surface area contributed by atoms with E-state index in [9.17, 15) is 24.3 Å². The Morgan fingerprint density at radius 2 is 1.75 bits per heavy atom. The van der Waals surface area contributed by atoms with E-state index in [1.165, 1.54) is 26.0 Å². The van der Waals surface area contributed by atoms with Gasteiger partial charge in [0.05, 0.1) is 12.2 Å². The van der Waals surface area contributed by atoms with Crippen LogP contribution in [-0.2, 0) is 28.6 Å². The number of anilines is 1. The molecule has 276 valence electrons. The summed E-state index contributed by atoms with van der Waals surface area (Å²) in [5.74, 6) is -3.19. The van der Waals surface area contributed by atoms with E-state index >= 15 is 4.39 Å². The van der Waals surface area contributed by atoms with Crippen LogP contribution in [0.25, 0.3) is 0 Å². The molecular formula is C41H47FN2O8. The minimum Gasteiger partial charge on any atom is -0.456 e. The number of fused-ring (bicyclic) bond motifs is 7. The zero-order valence-electron chi connectivity index (χ0n) is 30.5. The van der Waals surface area contributed by atoms with Crippen molar-refractivity contribution in [1.29, 1.82) is 0 Å². The number of ether oxygens (including phenoxy) is 3. The van der Waals surface area contributed by atoms with Gasteiger partial charge in [-0.1, -0.05) is 48.9 Å². The number of alkyl halides is 1. The molecular weight excluding hydrogens is 667 g/mol. The standard InChI is InChI=1S/C41H47FN2O8/c1-37(2,43-34(48)24-10-8-7-9-11-24)36(49)50-23-32(47)41-33(51-35(52-41)25-12-15-27(16-13-25)44(5)6)21-30-29-17-14-26-20-28(45)18-19-38(26,3)40(29,42)31(46)22-39(30,41)4/h7-13,15-16,18-20,29-31,33,35,46H,14,17,21-23H2,1-6H3,(H,43,48)/t29?,30?,31-,33-,35?,38-,39-,40?,41+/m0/s1. The molecule has 0 bridgehead atoms. The summed E-state index contributed by atoms with van der Waals surface area (Å²) in [7, 11) is 3.86. The normalized spacial score (nSPS) is 36.1. The highest BCUT2D eigenvalue weighted by molar-refractivity contribution is 6.01. The summed E-state index contributed by atoms with van der Waals surface area (Å²) in [6, 6.07) is 16.0. The monoisotopic (exact) mass is 714 g/mol. The van der Waals surface area contributed by atoms with E-state index in [0.29, 0.717) is 29.5 Å². The Labute approximate surface area is 303 Å². The van der Waals surface area contributed by atoms with E-state index < -0.39 is 82.2 Å². The van der Waals surface area contributed by atoms with Crippen LogP contribution in [0, 0.1) is 22.7 Å². The number of ketones is 2. The zero-order chi connectivity index (χ0) is 37.4. The molecule has 5 aliphatic rings. The number of allylic oxidation sites excluding steroid dienone is 4. The SMILES string of the molecule is CN(C)c1ccc(C2O[C@H]3CC4C5CCC6=CC(=O)C=C[C@]6(C)C5(F)[C@@H](O)C[C@]4(C)[C@]3(C(=O)COC(=O)C(C)(C)NC(=O)c3ccccc3)O2)cc1. The maximum Gasteiger partial charge on any atom is 0.331 e. The second-order valence-corrected chi connectivity index (χ2v) is 16.2. The number of nitrogens with one attached hydrogen (secondary N) is 1. The van der Waals surface area contributed by atoms with Crippen molar-refractivity contribution >= 4 is 29.1 Å². The molecule has 1 aliphatic heterocycles. The van der Waals surface area contributed by atoms with Crippen molar-refractivity contribution in [2.24, 2.45) is 22.7 Å². The number of rotatable bonds is 8. The number of hydrogen-bond acceptors (Lipinski definition) is 9. The summed E-state index contributed by atoms with van der Waals surface area (Å²) in [6.07, 6.45) is 2.16. The highest BCUT2D eigenvalue weighted by atomic mass is 19.1. The predicted octanol–water partition coefficient (Wildman–Crippen LogP) is 5.21. The van der Waals surface area contributed by atoms with Crippen LogP contribution >= 0.6 is 0 Å². The number of aliphatic hydroxyl groups excluding tert-OH is 1. The topological polar surface area (TPSA) is 131 Å². The molecule has 9 atom stereocenters. The van der Waals surface area contributed by atoms with Crippen LogP contribution in [0.3, 0.4) is 0 Å². The molecule has 4 unspecified atom stereocenters. The summed E-state index contributed by atoms with van der Waals surface area (Å²) in [6.45, 7) is 5.91. The summed E-state index contributed by atoms with van der Waals surface area (Å²) in [4.78, 5) is 55.4. The van der Waals surface area contributed by atoms with Crippen LogP contribution in [0.4, 0.5) is 10.1 Å². The van der Waals surface area contributed by atoms with Gasteiger partial charge in [0.2, 0.25) is 5.78 Å². The molecule has 4 aliphatic carbocycles. The first-order chi connectivity index (χ1) is 24.5. The van der Waals surface area contributed by atoms with Gasteiger partial charge >= 0.3 is 5.97 Å². The van der Waals surface area contributed by atoms with Gasteiger partial charge in [0, 0.05) is 47.7 Å². The highest BCUT2D eigenvalue weighted by Gasteiger charge is 2.79. The van der Waals surface area contributed by atoms with Crippen molar-refractivity contribution in [1.82, 2.24) is 5.32 Å². The lowest BCUT2D eigenvalue weighted by Gasteiger charge is -2.62. The van der Waals surface area contributed by atoms with Crippen LogP contribution in [0.2, 0.25) is 0 Å². The average Bonchev–Trinajstić information content (AvgIpc) is 3.61. The first kappa shape index (κ1) is 36.2. The van der Waals surface area contributed by atoms with E-state index in [4.69, 9.17) is 14.2 Å². The molecule has 0 aromatic heterocycles. The summed E-state index contributed by atoms with van der Waals surface area (Å²) < 4.78 is 36.9. The van der Waals surface area contributed by atoms with E-state index in [1.54, 1.807) is 43.3 Å². The number of benzene rings is 2.